The second-order valence-corrected chi connectivity index (χ2v) is 5.77. The molecule has 0 aliphatic heterocycles. The second kappa shape index (κ2) is 6.69. The summed E-state index contributed by atoms with van der Waals surface area (Å²) in [6, 6.07) is 5.30. The lowest BCUT2D eigenvalue weighted by Gasteiger charge is -2.43. The molecule has 1 aromatic rings. The van der Waals surface area contributed by atoms with Crippen LogP contribution in [0.5, 0.6) is 0 Å². The van der Waals surface area contributed by atoms with E-state index in [0.717, 1.165) is 25.1 Å². The maximum Gasteiger partial charge on any atom is 0.416 e. The van der Waals surface area contributed by atoms with Crippen molar-refractivity contribution in [2.75, 3.05) is 13.6 Å². The predicted octanol–water partition coefficient (Wildman–Crippen LogP) is 3.20. The van der Waals surface area contributed by atoms with E-state index in [1.807, 2.05) is 7.05 Å². The summed E-state index contributed by atoms with van der Waals surface area (Å²) in [5.74, 6) is -0.104. The smallest absolute Gasteiger partial charge is 0.347 e. The number of alkyl halides is 3. The molecule has 0 heterocycles. The van der Waals surface area contributed by atoms with Crippen molar-refractivity contribution in [3.63, 3.8) is 0 Å². The summed E-state index contributed by atoms with van der Waals surface area (Å²) in [5.41, 5.74) is -0.742. The highest BCUT2D eigenvalue weighted by Gasteiger charge is 2.41. The third kappa shape index (κ3) is 3.80. The molecular weight excluding hydrogens is 293 g/mol. The van der Waals surface area contributed by atoms with E-state index in [2.05, 4.69) is 10.6 Å². The SMILES string of the molecule is CNCCCC(=O)NC1(c2cccc(C(F)(F)F)c2)CCC1. The Bertz CT molecular complexity index is 524. The average molecular weight is 314 g/mol. The molecule has 2 N–H and O–H groups in total. The lowest BCUT2D eigenvalue weighted by Crippen LogP contribution is -2.50. The monoisotopic (exact) mass is 314 g/mol. The minimum atomic E-state index is -4.36. The Kier molecular flexibility index (Phi) is 5.11. The van der Waals surface area contributed by atoms with Crippen LogP contribution in [0.1, 0.15) is 43.2 Å². The van der Waals surface area contributed by atoms with Crippen LogP contribution in [0.4, 0.5) is 13.2 Å². The fourth-order valence-corrected chi connectivity index (χ4v) is 2.76. The van der Waals surface area contributed by atoms with Crippen molar-refractivity contribution in [3.8, 4) is 0 Å². The Morgan fingerprint density at radius 1 is 1.32 bits per heavy atom. The minimum Gasteiger partial charge on any atom is -0.347 e. The molecule has 0 radical (unpaired) electrons. The highest BCUT2D eigenvalue weighted by molar-refractivity contribution is 5.77. The van der Waals surface area contributed by atoms with Crippen molar-refractivity contribution in [1.82, 2.24) is 10.6 Å². The number of nitrogens with one attached hydrogen (secondary N) is 2. The van der Waals surface area contributed by atoms with Crippen molar-refractivity contribution in [3.05, 3.63) is 35.4 Å². The number of carbonyl (C=O) groups excluding carboxylic acids is 1. The quantitative estimate of drug-likeness (QED) is 0.792. The molecule has 1 aliphatic carbocycles. The summed E-state index contributed by atoms with van der Waals surface area (Å²) in [5, 5.41) is 5.91. The van der Waals surface area contributed by atoms with Crippen LogP contribution in [0.15, 0.2) is 24.3 Å². The number of rotatable bonds is 6. The predicted molar refractivity (Wildman–Crippen MR) is 78.3 cm³/mol. The van der Waals surface area contributed by atoms with Gasteiger partial charge in [-0.3, -0.25) is 4.79 Å². The second-order valence-electron chi connectivity index (χ2n) is 5.77. The van der Waals surface area contributed by atoms with Gasteiger partial charge in [0.25, 0.3) is 0 Å². The van der Waals surface area contributed by atoms with Crippen LogP contribution in [-0.4, -0.2) is 19.5 Å². The van der Waals surface area contributed by atoms with E-state index in [1.165, 1.54) is 6.07 Å². The summed E-state index contributed by atoms with van der Waals surface area (Å²) < 4.78 is 38.6. The van der Waals surface area contributed by atoms with Crippen LogP contribution in [0.2, 0.25) is 0 Å². The highest BCUT2D eigenvalue weighted by Crippen LogP contribution is 2.43. The summed E-state index contributed by atoms with van der Waals surface area (Å²) in [6.45, 7) is 0.740. The molecule has 1 amide bonds. The van der Waals surface area contributed by atoms with E-state index >= 15 is 0 Å². The van der Waals surface area contributed by atoms with Crippen molar-refractivity contribution in [1.29, 1.82) is 0 Å². The zero-order valence-electron chi connectivity index (χ0n) is 12.6. The number of hydrogen-bond acceptors (Lipinski definition) is 2. The topological polar surface area (TPSA) is 41.1 Å². The van der Waals surface area contributed by atoms with Gasteiger partial charge in [-0.15, -0.1) is 0 Å². The molecule has 0 saturated heterocycles. The maximum atomic E-state index is 12.9. The van der Waals surface area contributed by atoms with Gasteiger partial charge in [-0.25, -0.2) is 0 Å². The van der Waals surface area contributed by atoms with Gasteiger partial charge in [0.1, 0.15) is 0 Å². The average Bonchev–Trinajstić information content (AvgIpc) is 2.42. The Hall–Kier alpha value is -1.56. The molecule has 1 aromatic carbocycles. The third-order valence-corrected chi connectivity index (χ3v) is 4.16. The summed E-state index contributed by atoms with van der Waals surface area (Å²) in [7, 11) is 1.81. The number of benzene rings is 1. The first-order chi connectivity index (χ1) is 10.4. The summed E-state index contributed by atoms with van der Waals surface area (Å²) in [4.78, 5) is 12.0. The first-order valence-corrected chi connectivity index (χ1v) is 7.51. The van der Waals surface area contributed by atoms with Crippen molar-refractivity contribution >= 4 is 5.91 Å². The van der Waals surface area contributed by atoms with Gasteiger partial charge < -0.3 is 10.6 Å². The molecule has 1 aliphatic rings. The Labute approximate surface area is 128 Å². The molecule has 0 unspecified atom stereocenters. The van der Waals surface area contributed by atoms with Crippen molar-refractivity contribution in [2.24, 2.45) is 0 Å². The molecular formula is C16H21F3N2O. The maximum absolute atomic E-state index is 12.9. The minimum absolute atomic E-state index is 0.104. The highest BCUT2D eigenvalue weighted by atomic mass is 19.4. The van der Waals surface area contributed by atoms with Crippen LogP contribution in [-0.2, 0) is 16.5 Å². The number of carbonyl (C=O) groups is 1. The van der Waals surface area contributed by atoms with Gasteiger partial charge in [0.2, 0.25) is 5.91 Å². The van der Waals surface area contributed by atoms with Gasteiger partial charge in [-0.2, -0.15) is 13.2 Å². The lowest BCUT2D eigenvalue weighted by molar-refractivity contribution is -0.137. The Morgan fingerprint density at radius 3 is 2.59 bits per heavy atom. The fourth-order valence-electron chi connectivity index (χ4n) is 2.76. The van der Waals surface area contributed by atoms with Crippen LogP contribution in [0.3, 0.4) is 0 Å². The number of amides is 1. The fraction of sp³-hybridized carbons (Fsp3) is 0.562. The zero-order chi connectivity index (χ0) is 16.2. The molecule has 0 atom stereocenters. The standard InChI is InChI=1S/C16H21F3N2O/c1-20-10-3-7-14(22)21-15(8-4-9-15)12-5-2-6-13(11-12)16(17,18)19/h2,5-6,11,20H,3-4,7-10H2,1H3,(H,21,22). The van der Waals surface area contributed by atoms with E-state index in [-0.39, 0.29) is 5.91 Å². The van der Waals surface area contributed by atoms with Crippen molar-refractivity contribution < 1.29 is 18.0 Å². The van der Waals surface area contributed by atoms with Crippen molar-refractivity contribution in [2.45, 2.75) is 43.8 Å². The van der Waals surface area contributed by atoms with Gasteiger partial charge in [0, 0.05) is 6.42 Å². The molecule has 122 valence electrons. The lowest BCUT2D eigenvalue weighted by atomic mass is 9.71. The molecule has 1 fully saturated rings. The van der Waals surface area contributed by atoms with Gasteiger partial charge in [0.15, 0.2) is 0 Å². The van der Waals surface area contributed by atoms with Crippen LogP contribution in [0, 0.1) is 0 Å². The molecule has 0 bridgehead atoms. The van der Waals surface area contributed by atoms with E-state index in [9.17, 15) is 18.0 Å². The number of hydrogen-bond donors (Lipinski definition) is 2. The largest absolute Gasteiger partial charge is 0.416 e. The van der Waals surface area contributed by atoms with Crippen LogP contribution >= 0.6 is 0 Å². The zero-order valence-corrected chi connectivity index (χ0v) is 12.6. The first kappa shape index (κ1) is 16.8. The van der Waals surface area contributed by atoms with Gasteiger partial charge in [0.05, 0.1) is 11.1 Å². The molecule has 1 saturated carbocycles. The summed E-state index contributed by atoms with van der Waals surface area (Å²) in [6.07, 6.45) is -0.995. The van der Waals surface area contributed by atoms with Crippen LogP contribution in [0.25, 0.3) is 0 Å². The Balaban J connectivity index is 2.12. The van der Waals surface area contributed by atoms with Gasteiger partial charge in [-0.1, -0.05) is 12.1 Å². The van der Waals surface area contributed by atoms with E-state index < -0.39 is 17.3 Å². The van der Waals surface area contributed by atoms with E-state index in [1.54, 1.807) is 6.07 Å². The molecule has 6 heteroatoms. The number of halogens is 3. The van der Waals surface area contributed by atoms with Gasteiger partial charge in [-0.05, 0) is 57.0 Å². The van der Waals surface area contributed by atoms with Gasteiger partial charge >= 0.3 is 6.18 Å². The molecule has 0 spiro atoms. The molecule has 2 rings (SSSR count). The molecule has 22 heavy (non-hydrogen) atoms. The normalized spacial score (nSPS) is 16.9. The summed E-state index contributed by atoms with van der Waals surface area (Å²) >= 11 is 0. The Morgan fingerprint density at radius 2 is 2.05 bits per heavy atom. The van der Waals surface area contributed by atoms with E-state index in [0.29, 0.717) is 31.2 Å². The first-order valence-electron chi connectivity index (χ1n) is 7.51. The third-order valence-electron chi connectivity index (χ3n) is 4.16. The van der Waals surface area contributed by atoms with E-state index in [4.69, 9.17) is 0 Å². The molecule has 3 nitrogen and oxygen atoms in total. The molecule has 0 aromatic heterocycles. The van der Waals surface area contributed by atoms with Crippen LogP contribution < -0.4 is 10.6 Å².